The Labute approximate surface area is 184 Å². The lowest BCUT2D eigenvalue weighted by atomic mass is 9.97. The molecule has 1 fully saturated rings. The number of ether oxygens (including phenoxy) is 2. The van der Waals surface area contributed by atoms with E-state index in [-0.39, 0.29) is 18.5 Å². The normalized spacial score (nSPS) is 16.2. The summed E-state index contributed by atoms with van der Waals surface area (Å²) in [6.45, 7) is 6.87. The van der Waals surface area contributed by atoms with Crippen LogP contribution in [0.25, 0.3) is 0 Å². The fourth-order valence-electron chi connectivity index (χ4n) is 3.79. The molecule has 1 aliphatic heterocycles. The molecule has 2 aromatic rings. The van der Waals surface area contributed by atoms with Crippen LogP contribution in [0.4, 0.5) is 0 Å². The number of carbonyl (C=O) groups is 1. The number of aromatic nitrogens is 2. The monoisotopic (exact) mass is 430 g/mol. The number of β-amino-alcohol motifs (C(OH)–C–C–N with tert-alkyl or cyclic N) is 1. The van der Waals surface area contributed by atoms with Crippen molar-refractivity contribution >= 4 is 5.97 Å². The van der Waals surface area contributed by atoms with Gasteiger partial charge >= 0.3 is 5.97 Å². The smallest absolute Gasteiger partial charge is 0.308 e. The second-order valence-corrected chi connectivity index (χ2v) is 8.01. The maximum Gasteiger partial charge on any atom is 0.308 e. The van der Waals surface area contributed by atoms with Gasteiger partial charge in [-0.15, -0.1) is 0 Å². The maximum atomic E-state index is 11.6. The summed E-state index contributed by atoms with van der Waals surface area (Å²) in [5.74, 6) is 0.600. The molecule has 1 aliphatic rings. The van der Waals surface area contributed by atoms with Gasteiger partial charge in [-0.25, -0.2) is 0 Å². The number of nitrogens with zero attached hydrogens (tertiary/aromatic N) is 3. The summed E-state index contributed by atoms with van der Waals surface area (Å²) in [5, 5.41) is 18.0. The molecule has 3 rings (SSSR count). The summed E-state index contributed by atoms with van der Waals surface area (Å²) in [6.07, 6.45) is 4.92. The van der Waals surface area contributed by atoms with Gasteiger partial charge in [0.05, 0.1) is 19.2 Å². The molecule has 31 heavy (non-hydrogen) atoms. The zero-order chi connectivity index (χ0) is 22.1. The number of aliphatic hydroxyl groups excluding tert-OH is 1. The number of hydrogen-bond donors (Lipinski definition) is 2. The van der Waals surface area contributed by atoms with E-state index in [2.05, 4.69) is 28.4 Å². The van der Waals surface area contributed by atoms with E-state index in [0.29, 0.717) is 6.54 Å². The van der Waals surface area contributed by atoms with Crippen molar-refractivity contribution in [3.05, 3.63) is 47.8 Å². The molecule has 8 heteroatoms. The molecule has 2 heterocycles. The molecule has 1 aromatic carbocycles. The molecular formula is C23H34N4O4. The van der Waals surface area contributed by atoms with Gasteiger partial charge in [0.2, 0.25) is 0 Å². The van der Waals surface area contributed by atoms with Gasteiger partial charge in [-0.3, -0.25) is 9.48 Å². The van der Waals surface area contributed by atoms with Crippen LogP contribution in [0, 0.1) is 5.92 Å². The number of likely N-dealkylation sites (tertiary alicyclic amines) is 1. The highest BCUT2D eigenvalue weighted by Crippen LogP contribution is 2.19. The third-order valence-electron chi connectivity index (χ3n) is 5.63. The molecule has 8 nitrogen and oxygen atoms in total. The van der Waals surface area contributed by atoms with Crippen molar-refractivity contribution in [1.82, 2.24) is 20.0 Å². The zero-order valence-electron chi connectivity index (χ0n) is 18.5. The number of aliphatic hydroxyl groups is 1. The third-order valence-corrected chi connectivity index (χ3v) is 5.63. The molecule has 170 valence electrons. The van der Waals surface area contributed by atoms with Crippen molar-refractivity contribution in [2.24, 2.45) is 5.92 Å². The van der Waals surface area contributed by atoms with Gasteiger partial charge < -0.3 is 24.8 Å². The summed E-state index contributed by atoms with van der Waals surface area (Å²) in [6, 6.07) is 7.92. The van der Waals surface area contributed by atoms with Crippen LogP contribution in [0.5, 0.6) is 5.75 Å². The van der Waals surface area contributed by atoms with E-state index in [4.69, 9.17) is 9.47 Å². The van der Waals surface area contributed by atoms with Crippen molar-refractivity contribution in [2.75, 3.05) is 33.4 Å². The predicted molar refractivity (Wildman–Crippen MR) is 118 cm³/mol. The van der Waals surface area contributed by atoms with Gasteiger partial charge in [0.25, 0.3) is 0 Å². The molecule has 1 aromatic heterocycles. The molecule has 0 bridgehead atoms. The number of carbonyl (C=O) groups excluding carboxylic acids is 1. The van der Waals surface area contributed by atoms with Crippen LogP contribution >= 0.6 is 0 Å². The van der Waals surface area contributed by atoms with Crippen molar-refractivity contribution in [3.8, 4) is 5.75 Å². The molecule has 0 spiro atoms. The van der Waals surface area contributed by atoms with Crippen molar-refractivity contribution in [1.29, 1.82) is 0 Å². The van der Waals surface area contributed by atoms with Gasteiger partial charge in [-0.05, 0) is 50.6 Å². The van der Waals surface area contributed by atoms with Crippen molar-refractivity contribution in [2.45, 2.75) is 45.5 Å². The van der Waals surface area contributed by atoms with Crippen LogP contribution in [-0.4, -0.2) is 65.2 Å². The zero-order valence-corrected chi connectivity index (χ0v) is 18.5. The number of methoxy groups -OCH3 is 1. The van der Waals surface area contributed by atoms with Crippen LogP contribution in [0.2, 0.25) is 0 Å². The summed E-state index contributed by atoms with van der Waals surface area (Å²) < 4.78 is 12.5. The van der Waals surface area contributed by atoms with E-state index in [0.717, 1.165) is 51.3 Å². The van der Waals surface area contributed by atoms with Gasteiger partial charge in [0.1, 0.15) is 18.5 Å². The number of rotatable bonds is 11. The maximum absolute atomic E-state index is 11.6. The SMILES string of the molecule is CCn1cc(CNCc2ccc(OC[C@@H](O)CN3CCC(C(=O)OC)CC3)cc2)cn1. The fraction of sp³-hybridized carbons (Fsp3) is 0.565. The second-order valence-electron chi connectivity index (χ2n) is 8.01. The van der Waals surface area contributed by atoms with E-state index in [1.165, 1.54) is 18.2 Å². The molecule has 0 amide bonds. The average Bonchev–Trinajstić information content (AvgIpc) is 3.26. The third kappa shape index (κ3) is 7.34. The molecule has 0 saturated carbocycles. The second kappa shape index (κ2) is 11.8. The number of nitrogens with one attached hydrogen (secondary N) is 1. The van der Waals surface area contributed by atoms with E-state index in [1.807, 2.05) is 35.1 Å². The molecular weight excluding hydrogens is 396 g/mol. The Hall–Kier alpha value is -2.42. The first kappa shape index (κ1) is 23.2. The summed E-state index contributed by atoms with van der Waals surface area (Å²) in [4.78, 5) is 13.8. The Morgan fingerprint density at radius 2 is 1.94 bits per heavy atom. The van der Waals surface area contributed by atoms with Crippen LogP contribution in [0.1, 0.15) is 30.9 Å². The van der Waals surface area contributed by atoms with E-state index >= 15 is 0 Å². The van der Waals surface area contributed by atoms with E-state index in [9.17, 15) is 9.90 Å². The molecule has 1 atom stereocenters. The highest BCUT2D eigenvalue weighted by atomic mass is 16.5. The topological polar surface area (TPSA) is 88.9 Å². The average molecular weight is 431 g/mol. The Morgan fingerprint density at radius 1 is 1.23 bits per heavy atom. The van der Waals surface area contributed by atoms with Crippen LogP contribution in [0.3, 0.4) is 0 Å². The quantitative estimate of drug-likeness (QED) is 0.526. The minimum atomic E-state index is -0.569. The van der Waals surface area contributed by atoms with Gasteiger partial charge in [0, 0.05) is 37.9 Å². The van der Waals surface area contributed by atoms with E-state index < -0.39 is 6.10 Å². The first-order valence-corrected chi connectivity index (χ1v) is 11.0. The number of piperidine rings is 1. The fourth-order valence-corrected chi connectivity index (χ4v) is 3.79. The Morgan fingerprint density at radius 3 is 2.58 bits per heavy atom. The predicted octanol–water partition coefficient (Wildman–Crippen LogP) is 1.82. The number of esters is 1. The van der Waals surface area contributed by atoms with E-state index in [1.54, 1.807) is 0 Å². The minimum Gasteiger partial charge on any atom is -0.491 e. The minimum absolute atomic E-state index is 0.0169. The highest BCUT2D eigenvalue weighted by Gasteiger charge is 2.26. The Balaban J connectivity index is 1.32. The van der Waals surface area contributed by atoms with Gasteiger partial charge in [-0.2, -0.15) is 5.10 Å². The largest absolute Gasteiger partial charge is 0.491 e. The highest BCUT2D eigenvalue weighted by molar-refractivity contribution is 5.72. The van der Waals surface area contributed by atoms with Crippen LogP contribution in [-0.2, 0) is 29.2 Å². The molecule has 0 aliphatic carbocycles. The Bertz CT molecular complexity index is 800. The summed E-state index contributed by atoms with van der Waals surface area (Å²) in [5.41, 5.74) is 2.34. The van der Waals surface area contributed by atoms with Gasteiger partial charge in [-0.1, -0.05) is 12.1 Å². The number of hydrogen-bond acceptors (Lipinski definition) is 7. The molecule has 2 N–H and O–H groups in total. The first-order chi connectivity index (χ1) is 15.1. The number of aryl methyl sites for hydroxylation is 1. The molecule has 1 saturated heterocycles. The van der Waals surface area contributed by atoms with Crippen molar-refractivity contribution in [3.63, 3.8) is 0 Å². The number of benzene rings is 1. The lowest BCUT2D eigenvalue weighted by molar-refractivity contribution is -0.147. The summed E-state index contributed by atoms with van der Waals surface area (Å²) >= 11 is 0. The molecule has 0 unspecified atom stereocenters. The Kier molecular flexibility index (Phi) is 8.87. The summed E-state index contributed by atoms with van der Waals surface area (Å²) in [7, 11) is 1.43. The standard InChI is InChI=1S/C23H34N4O4/c1-3-27-15-19(14-25-27)13-24-12-18-4-6-22(7-5-18)31-17-21(28)16-26-10-8-20(9-11-26)23(29)30-2/h4-7,14-15,20-21,24,28H,3,8-13,16-17H2,1-2H3/t21-/m0/s1. The molecule has 0 radical (unpaired) electrons. The van der Waals surface area contributed by atoms with Crippen molar-refractivity contribution < 1.29 is 19.4 Å². The first-order valence-electron chi connectivity index (χ1n) is 11.0. The lowest BCUT2D eigenvalue weighted by Crippen LogP contribution is -2.42. The van der Waals surface area contributed by atoms with Crippen LogP contribution in [0.15, 0.2) is 36.7 Å². The van der Waals surface area contributed by atoms with Gasteiger partial charge in [0.15, 0.2) is 0 Å². The van der Waals surface area contributed by atoms with Crippen LogP contribution < -0.4 is 10.1 Å². The lowest BCUT2D eigenvalue weighted by Gasteiger charge is -2.31.